The average molecular weight is 469 g/mol. The molecule has 0 N–H and O–H groups in total. The molecule has 1 aromatic heterocycles. The number of sulfone groups is 1. The molecule has 0 aliphatic heterocycles. The van der Waals surface area contributed by atoms with Crippen molar-refractivity contribution in [3.05, 3.63) is 57.9 Å². The van der Waals surface area contributed by atoms with Gasteiger partial charge in [-0.3, -0.25) is 4.79 Å². The number of aryl methyl sites for hydroxylation is 1. The second kappa shape index (κ2) is 9.04. The molecule has 0 unspecified atom stereocenters. The lowest BCUT2D eigenvalue weighted by atomic mass is 10.2. The van der Waals surface area contributed by atoms with Crippen molar-refractivity contribution in [3.8, 4) is 0 Å². The number of rotatable bonds is 6. The van der Waals surface area contributed by atoms with Crippen LogP contribution in [0.5, 0.6) is 0 Å². The summed E-state index contributed by atoms with van der Waals surface area (Å²) in [7, 11) is -3.38. The van der Waals surface area contributed by atoms with E-state index < -0.39 is 21.0 Å². The molecule has 0 spiro atoms. The normalized spacial score (nSPS) is 12.8. The van der Waals surface area contributed by atoms with Crippen LogP contribution in [0, 0.1) is 0 Å². The van der Waals surface area contributed by atoms with Gasteiger partial charge in [-0.05, 0) is 62.6 Å². The van der Waals surface area contributed by atoms with Gasteiger partial charge in [-0.1, -0.05) is 22.9 Å². The van der Waals surface area contributed by atoms with Gasteiger partial charge in [-0.15, -0.1) is 0 Å². The van der Waals surface area contributed by atoms with E-state index in [1.807, 2.05) is 29.0 Å². The van der Waals surface area contributed by atoms with E-state index >= 15 is 0 Å². The van der Waals surface area contributed by atoms with Crippen LogP contribution in [0.3, 0.4) is 0 Å². The van der Waals surface area contributed by atoms with Crippen molar-refractivity contribution < 1.29 is 13.2 Å². The number of aromatic nitrogens is 1. The van der Waals surface area contributed by atoms with Crippen molar-refractivity contribution in [3.63, 3.8) is 0 Å². The number of thioether (sulfide) groups is 1. The molecule has 0 atom stereocenters. The van der Waals surface area contributed by atoms with Gasteiger partial charge in [0.15, 0.2) is 14.6 Å². The second-order valence-electron chi connectivity index (χ2n) is 6.68. The highest BCUT2D eigenvalue weighted by molar-refractivity contribution is 7.98. The highest BCUT2D eigenvalue weighted by Gasteiger charge is 2.19. The number of carbonyl (C=O) groups excluding carboxylic acids is 1. The molecule has 0 fully saturated rings. The van der Waals surface area contributed by atoms with Crippen LogP contribution in [0.4, 0.5) is 0 Å². The predicted molar refractivity (Wildman–Crippen MR) is 122 cm³/mol. The highest BCUT2D eigenvalue weighted by Crippen LogP contribution is 2.22. The number of fused-ring (bicyclic) bond motifs is 1. The van der Waals surface area contributed by atoms with Crippen molar-refractivity contribution in [2.75, 3.05) is 12.0 Å². The molecule has 0 aliphatic carbocycles. The Morgan fingerprint density at radius 2 is 1.90 bits per heavy atom. The van der Waals surface area contributed by atoms with E-state index in [-0.39, 0.29) is 4.90 Å². The quantitative estimate of drug-likeness (QED) is 0.528. The lowest BCUT2D eigenvalue weighted by molar-refractivity contribution is 0.0997. The smallest absolute Gasteiger partial charge is 0.279 e. The lowest BCUT2D eigenvalue weighted by Gasteiger charge is -2.07. The molecule has 0 bridgehead atoms. The number of thiazole rings is 1. The largest absolute Gasteiger partial charge is 0.316 e. The summed E-state index contributed by atoms with van der Waals surface area (Å²) in [6.45, 7) is 3.98. The fourth-order valence-corrected chi connectivity index (χ4v) is 5.50. The number of hydrogen-bond acceptors (Lipinski definition) is 5. The molecule has 3 rings (SSSR count). The van der Waals surface area contributed by atoms with Crippen molar-refractivity contribution in [2.24, 2.45) is 4.99 Å². The third kappa shape index (κ3) is 4.77. The van der Waals surface area contributed by atoms with E-state index in [0.29, 0.717) is 15.4 Å². The van der Waals surface area contributed by atoms with Gasteiger partial charge in [0.1, 0.15) is 0 Å². The molecule has 3 aromatic rings. The third-order valence-electron chi connectivity index (χ3n) is 4.41. The number of carbonyl (C=O) groups is 1. The Balaban J connectivity index is 2.01. The van der Waals surface area contributed by atoms with Gasteiger partial charge >= 0.3 is 0 Å². The minimum atomic E-state index is -3.38. The van der Waals surface area contributed by atoms with Gasteiger partial charge in [0.2, 0.25) is 0 Å². The maximum Gasteiger partial charge on any atom is 0.279 e. The Hall–Kier alpha value is -1.61. The van der Waals surface area contributed by atoms with Gasteiger partial charge < -0.3 is 4.57 Å². The Kier molecular flexibility index (Phi) is 6.88. The Morgan fingerprint density at radius 3 is 2.52 bits per heavy atom. The Labute approximate surface area is 183 Å². The maximum absolute atomic E-state index is 12.7. The molecule has 9 heteroatoms. The van der Waals surface area contributed by atoms with Gasteiger partial charge in [0.25, 0.3) is 5.91 Å². The van der Waals surface area contributed by atoms with Crippen molar-refractivity contribution in [1.82, 2.24) is 4.57 Å². The van der Waals surface area contributed by atoms with Crippen molar-refractivity contribution in [2.45, 2.75) is 30.5 Å². The van der Waals surface area contributed by atoms with Gasteiger partial charge in [0, 0.05) is 22.9 Å². The van der Waals surface area contributed by atoms with E-state index in [0.717, 1.165) is 22.5 Å². The summed E-state index contributed by atoms with van der Waals surface area (Å²) in [5, 5.41) is 0.116. The molecule has 1 heterocycles. The molecule has 29 heavy (non-hydrogen) atoms. The number of benzene rings is 2. The summed E-state index contributed by atoms with van der Waals surface area (Å²) < 4.78 is 27.5. The molecule has 0 aliphatic rings. The predicted octanol–water partition coefficient (Wildman–Crippen LogP) is 4.64. The first-order valence-corrected chi connectivity index (χ1v) is 13.1. The average Bonchev–Trinajstić information content (AvgIpc) is 3.02. The number of hydrogen-bond donors (Lipinski definition) is 0. The summed E-state index contributed by atoms with van der Waals surface area (Å²) >= 11 is 9.23. The summed E-state index contributed by atoms with van der Waals surface area (Å²) in [6, 6.07) is 11.6. The first-order chi connectivity index (χ1) is 13.7. The molecular formula is C20H21ClN2O3S3. The van der Waals surface area contributed by atoms with E-state index in [4.69, 9.17) is 11.6 Å². The summed E-state index contributed by atoms with van der Waals surface area (Å²) in [5.41, 5.74) is 1.33. The summed E-state index contributed by atoms with van der Waals surface area (Å²) in [6.07, 6.45) is 2.03. The zero-order chi connectivity index (χ0) is 21.2. The fourth-order valence-electron chi connectivity index (χ4n) is 2.74. The molecule has 0 radical (unpaired) electrons. The van der Waals surface area contributed by atoms with Crippen molar-refractivity contribution >= 4 is 60.7 Å². The first kappa shape index (κ1) is 22.1. The van der Waals surface area contributed by atoms with Crippen LogP contribution in [0.15, 0.2) is 52.4 Å². The van der Waals surface area contributed by atoms with Crippen LogP contribution < -0.4 is 4.80 Å². The van der Waals surface area contributed by atoms with Gasteiger partial charge in [-0.25, -0.2) is 8.42 Å². The fraction of sp³-hybridized carbons (Fsp3) is 0.300. The van der Waals surface area contributed by atoms with E-state index in [2.05, 4.69) is 4.99 Å². The van der Waals surface area contributed by atoms with Crippen LogP contribution in [0.1, 0.15) is 24.2 Å². The highest BCUT2D eigenvalue weighted by atomic mass is 35.5. The zero-order valence-corrected chi connectivity index (χ0v) is 19.5. The SMILES string of the molecule is CSCCn1c(=NC(=O)c2ccc(S(=O)(=O)C(C)C)cc2)sc2cc(Cl)ccc21. The number of halogens is 1. The lowest BCUT2D eigenvalue weighted by Crippen LogP contribution is -2.18. The van der Waals surface area contributed by atoms with E-state index in [1.54, 1.807) is 25.6 Å². The Bertz CT molecular complexity index is 1210. The topological polar surface area (TPSA) is 68.5 Å². The summed E-state index contributed by atoms with van der Waals surface area (Å²) in [4.78, 5) is 17.8. The molecule has 0 saturated carbocycles. The molecule has 154 valence electrons. The molecule has 0 saturated heterocycles. The minimum absolute atomic E-state index is 0.204. The van der Waals surface area contributed by atoms with Crippen LogP contribution in [-0.2, 0) is 16.4 Å². The van der Waals surface area contributed by atoms with Crippen molar-refractivity contribution in [1.29, 1.82) is 0 Å². The van der Waals surface area contributed by atoms with Gasteiger partial charge in [0.05, 0.1) is 20.4 Å². The van der Waals surface area contributed by atoms with Crippen LogP contribution >= 0.6 is 34.7 Å². The monoisotopic (exact) mass is 468 g/mol. The maximum atomic E-state index is 12.7. The minimum Gasteiger partial charge on any atom is -0.316 e. The molecule has 5 nitrogen and oxygen atoms in total. The third-order valence-corrected chi connectivity index (χ3v) is 8.45. The molecule has 1 amide bonds. The second-order valence-corrected chi connectivity index (χ2v) is 11.6. The molecular weight excluding hydrogens is 448 g/mol. The Morgan fingerprint density at radius 1 is 1.21 bits per heavy atom. The van der Waals surface area contributed by atoms with E-state index in [9.17, 15) is 13.2 Å². The molecule has 2 aromatic carbocycles. The summed E-state index contributed by atoms with van der Waals surface area (Å²) in [5.74, 6) is 0.478. The van der Waals surface area contributed by atoms with Crippen LogP contribution in [-0.4, -0.2) is 36.2 Å². The van der Waals surface area contributed by atoms with Crippen LogP contribution in [0.2, 0.25) is 5.02 Å². The zero-order valence-electron chi connectivity index (χ0n) is 16.3. The standard InChI is InChI=1S/C20H21ClN2O3S3/c1-13(2)29(25,26)16-7-4-14(5-8-16)19(24)22-20-23(10-11-27-3)17-9-6-15(21)12-18(17)28-20/h4-9,12-13H,10-11H2,1-3H3. The van der Waals surface area contributed by atoms with E-state index in [1.165, 1.54) is 35.6 Å². The van der Waals surface area contributed by atoms with Crippen LogP contribution in [0.25, 0.3) is 10.2 Å². The number of amides is 1. The first-order valence-electron chi connectivity index (χ1n) is 8.95. The number of nitrogens with zero attached hydrogens (tertiary/aromatic N) is 2. The van der Waals surface area contributed by atoms with Gasteiger partial charge in [-0.2, -0.15) is 16.8 Å².